The topological polar surface area (TPSA) is 0 Å². The van der Waals surface area contributed by atoms with E-state index in [-0.39, 0.29) is 24.8 Å². The van der Waals surface area contributed by atoms with Gasteiger partial charge in [0.15, 0.2) is 0 Å². The summed E-state index contributed by atoms with van der Waals surface area (Å²) in [5, 5.41) is 7.54. The van der Waals surface area contributed by atoms with E-state index in [0.29, 0.717) is 5.92 Å². The summed E-state index contributed by atoms with van der Waals surface area (Å²) in [6.07, 6.45) is 8.73. The Balaban J connectivity index is 0.000000226. The first-order valence-corrected chi connectivity index (χ1v) is 10.5. The molecule has 1 aliphatic carbocycles. The molecule has 138 valence electrons. The van der Waals surface area contributed by atoms with Crippen LogP contribution in [0.15, 0.2) is 89.2 Å². The molecule has 1 aliphatic heterocycles. The van der Waals surface area contributed by atoms with Gasteiger partial charge in [-0.3, -0.25) is 0 Å². The summed E-state index contributed by atoms with van der Waals surface area (Å²) in [5.74, 6) is 0.639. The van der Waals surface area contributed by atoms with Crippen molar-refractivity contribution < 1.29 is 49.0 Å². The largest absolute Gasteiger partial charge is 1.00 e. The van der Waals surface area contributed by atoms with Gasteiger partial charge in [0.25, 0.3) is 0 Å². The minimum Gasteiger partial charge on any atom is -1.00 e. The van der Waals surface area contributed by atoms with Gasteiger partial charge in [-0.05, 0) is 10.3 Å². The average molecular weight is 492 g/mol. The first kappa shape index (κ1) is 24.3. The minimum atomic E-state index is 0. The Kier molecular flexibility index (Phi) is 10.7. The van der Waals surface area contributed by atoms with Gasteiger partial charge in [-0.2, -0.15) is 0 Å². The van der Waals surface area contributed by atoms with E-state index in [2.05, 4.69) is 98.2 Å². The molecule has 0 saturated carbocycles. The molecule has 0 nitrogen and oxygen atoms in total. The number of halogens is 2. The number of hydrogen-bond donors (Lipinski definition) is 0. The average Bonchev–Trinajstić information content (AvgIpc) is 3.29. The van der Waals surface area contributed by atoms with Gasteiger partial charge in [-0.15, -0.1) is 51.5 Å². The van der Waals surface area contributed by atoms with Crippen molar-refractivity contribution in [3.05, 3.63) is 89.2 Å². The second-order valence-electron chi connectivity index (χ2n) is 6.24. The number of allylic oxidation sites excluding steroid dienone is 5. The smallest absolute Gasteiger partial charge is 0.0771 e. The zero-order valence-corrected chi connectivity index (χ0v) is 20.1. The van der Waals surface area contributed by atoms with Crippen LogP contribution in [0.25, 0.3) is 21.5 Å². The SMILES string of the molecule is C1=CC2C=CSC2=C1.C[C](C)=[Zr+2].[Cl-].[Cl-].c1ccc2c(c1)[cH-]c1ccccc12. The van der Waals surface area contributed by atoms with Gasteiger partial charge in [0.05, 0.1) is 0 Å². The molecular weight excluding hydrogens is 470 g/mol. The molecule has 1 heterocycles. The maximum atomic E-state index is 2.24. The van der Waals surface area contributed by atoms with Crippen LogP contribution >= 0.6 is 11.8 Å². The maximum absolute atomic E-state index is 2.24. The summed E-state index contributed by atoms with van der Waals surface area (Å²) >= 11 is 3.38. The molecule has 3 aromatic rings. The van der Waals surface area contributed by atoms with E-state index < -0.39 is 0 Å². The van der Waals surface area contributed by atoms with Crippen LogP contribution in [0.3, 0.4) is 0 Å². The molecule has 1 atom stereocenters. The second kappa shape index (κ2) is 11.9. The number of rotatable bonds is 0. The van der Waals surface area contributed by atoms with Gasteiger partial charge in [-0.25, -0.2) is 0 Å². The summed E-state index contributed by atoms with van der Waals surface area (Å²) in [7, 11) is 0. The van der Waals surface area contributed by atoms with Crippen molar-refractivity contribution in [3.8, 4) is 0 Å². The van der Waals surface area contributed by atoms with Crippen molar-refractivity contribution >= 4 is 36.5 Å². The number of benzene rings is 2. The Labute approximate surface area is 193 Å². The Morgan fingerprint density at radius 2 is 1.41 bits per heavy atom. The molecule has 0 radical (unpaired) electrons. The molecule has 0 amide bonds. The molecule has 0 spiro atoms. The molecule has 2 aliphatic rings. The fourth-order valence-electron chi connectivity index (χ4n) is 2.86. The second-order valence-corrected chi connectivity index (χ2v) is 9.68. The van der Waals surface area contributed by atoms with Crippen LogP contribution in [0, 0.1) is 5.92 Å². The van der Waals surface area contributed by atoms with E-state index in [1.807, 2.05) is 11.8 Å². The predicted molar refractivity (Wildman–Crippen MR) is 111 cm³/mol. The molecule has 27 heavy (non-hydrogen) atoms. The molecule has 0 saturated heterocycles. The summed E-state index contributed by atoms with van der Waals surface area (Å²) in [5.41, 5.74) is 0. The van der Waals surface area contributed by atoms with Gasteiger partial charge in [-0.1, -0.05) is 60.7 Å². The summed E-state index contributed by atoms with van der Waals surface area (Å²) in [6, 6.07) is 19.3. The van der Waals surface area contributed by atoms with Gasteiger partial charge in [0.1, 0.15) is 0 Å². The third kappa shape index (κ3) is 6.65. The summed E-state index contributed by atoms with van der Waals surface area (Å²) < 4.78 is 1.51. The quantitative estimate of drug-likeness (QED) is 0.419. The van der Waals surface area contributed by atoms with E-state index in [1.165, 1.54) is 29.7 Å². The maximum Gasteiger partial charge on any atom is -0.0771 e. The van der Waals surface area contributed by atoms with Crippen LogP contribution in [-0.4, -0.2) is 3.21 Å². The third-order valence-corrected chi connectivity index (χ3v) is 4.89. The van der Waals surface area contributed by atoms with Crippen LogP contribution in [0.4, 0.5) is 0 Å². The zero-order valence-electron chi connectivity index (χ0n) is 15.3. The molecule has 5 rings (SSSR count). The Hall–Kier alpha value is -0.787. The summed E-state index contributed by atoms with van der Waals surface area (Å²) in [4.78, 5) is 1.48. The van der Waals surface area contributed by atoms with Crippen LogP contribution in [0.1, 0.15) is 13.8 Å². The minimum absolute atomic E-state index is 0. The van der Waals surface area contributed by atoms with Crippen molar-refractivity contribution in [2.75, 3.05) is 0 Å². The molecule has 0 aromatic heterocycles. The fourth-order valence-corrected chi connectivity index (χ4v) is 3.74. The standard InChI is InChI=1S/C13H9.C7H6S.C3H6.2ClH.Zr/c1-3-7-12-10(5-1)9-11-6-2-4-8-13(11)12;1-2-6-4-5-8-7(6)3-1;1-3-2;;;/h1-9H;1-6H;1-2H3;2*1H;/q-1;;;;;+2/p-2. The molecule has 0 fully saturated rings. The monoisotopic (exact) mass is 489 g/mol. The fraction of sp³-hybridized carbons (Fsp3) is 0.130. The predicted octanol–water partition coefficient (Wildman–Crippen LogP) is 0.782. The van der Waals surface area contributed by atoms with Crippen LogP contribution in [0.2, 0.25) is 0 Å². The first-order chi connectivity index (χ1) is 12.1. The summed E-state index contributed by atoms with van der Waals surface area (Å²) in [6.45, 7) is 4.25. The van der Waals surface area contributed by atoms with Crippen molar-refractivity contribution in [1.82, 2.24) is 0 Å². The Bertz CT molecular complexity index is 928. The normalized spacial score (nSPS) is 15.6. The van der Waals surface area contributed by atoms with E-state index in [9.17, 15) is 0 Å². The van der Waals surface area contributed by atoms with Gasteiger partial charge < -0.3 is 24.8 Å². The number of hydrogen-bond acceptors (Lipinski definition) is 1. The molecule has 0 bridgehead atoms. The van der Waals surface area contributed by atoms with Crippen LogP contribution in [0.5, 0.6) is 0 Å². The Morgan fingerprint density at radius 1 is 0.889 bits per heavy atom. The van der Waals surface area contributed by atoms with E-state index >= 15 is 0 Å². The number of thioether (sulfide) groups is 1. The van der Waals surface area contributed by atoms with E-state index in [1.54, 1.807) is 24.2 Å². The van der Waals surface area contributed by atoms with Gasteiger partial charge in [0, 0.05) is 5.92 Å². The third-order valence-electron chi connectivity index (χ3n) is 3.92. The molecule has 4 heteroatoms. The van der Waals surface area contributed by atoms with Crippen LogP contribution < -0.4 is 24.8 Å². The molecule has 1 unspecified atom stereocenters. The Morgan fingerprint density at radius 3 is 1.93 bits per heavy atom. The molecule has 3 aromatic carbocycles. The first-order valence-electron chi connectivity index (χ1n) is 8.42. The van der Waals surface area contributed by atoms with Gasteiger partial charge in [0.2, 0.25) is 0 Å². The van der Waals surface area contributed by atoms with Crippen LogP contribution in [-0.2, 0) is 24.2 Å². The van der Waals surface area contributed by atoms with Crippen molar-refractivity contribution in [2.24, 2.45) is 5.92 Å². The van der Waals surface area contributed by atoms with E-state index in [4.69, 9.17) is 0 Å². The number of fused-ring (bicyclic) bond motifs is 4. The molecular formula is C23H21Cl2SZr-. The molecule has 0 N–H and O–H groups in total. The van der Waals surface area contributed by atoms with Crippen molar-refractivity contribution in [1.29, 1.82) is 0 Å². The van der Waals surface area contributed by atoms with Gasteiger partial charge >= 0.3 is 41.3 Å². The zero-order chi connectivity index (χ0) is 17.6. The van der Waals surface area contributed by atoms with Crippen molar-refractivity contribution in [3.63, 3.8) is 0 Å². The van der Waals surface area contributed by atoms with E-state index in [0.717, 1.165) is 0 Å². The van der Waals surface area contributed by atoms with Crippen molar-refractivity contribution in [2.45, 2.75) is 13.8 Å².